The Morgan fingerprint density at radius 2 is 1.68 bits per heavy atom. The highest BCUT2D eigenvalue weighted by Crippen LogP contribution is 2.33. The molecule has 0 N–H and O–H groups in total. The number of rotatable bonds is 5. The van der Waals surface area contributed by atoms with E-state index in [1.807, 2.05) is 29.2 Å². The third-order valence-corrected chi connectivity index (χ3v) is 7.01. The standard InChI is InChI=1S/C26H32N4O4/c1-19-4-6-22(14-20(19)2)30-9-3-8-29(26(30)32)17-25(31)28-12-10-27(11-13-28)16-21-5-7-23-24(15-21)34-18-33-23/h4-7,14-15H,3,8-13,16-18H2,1-2H3. The molecule has 180 valence electrons. The zero-order chi connectivity index (χ0) is 23.7. The Morgan fingerprint density at radius 1 is 0.882 bits per heavy atom. The monoisotopic (exact) mass is 464 g/mol. The molecule has 3 heterocycles. The topological polar surface area (TPSA) is 65.6 Å². The average molecular weight is 465 g/mol. The summed E-state index contributed by atoms with van der Waals surface area (Å²) in [6.45, 7) is 9.63. The van der Waals surface area contributed by atoms with Crippen LogP contribution in [0, 0.1) is 13.8 Å². The smallest absolute Gasteiger partial charge is 0.324 e. The van der Waals surface area contributed by atoms with Crippen molar-refractivity contribution in [1.29, 1.82) is 0 Å². The summed E-state index contributed by atoms with van der Waals surface area (Å²) in [7, 11) is 0. The van der Waals surface area contributed by atoms with Gasteiger partial charge in [-0.15, -0.1) is 0 Å². The molecule has 3 aliphatic heterocycles. The Bertz CT molecular complexity index is 1080. The van der Waals surface area contributed by atoms with E-state index in [-0.39, 0.29) is 25.3 Å². The molecule has 0 saturated carbocycles. The van der Waals surface area contributed by atoms with Crippen molar-refractivity contribution in [2.75, 3.05) is 57.5 Å². The summed E-state index contributed by atoms with van der Waals surface area (Å²) in [6.07, 6.45) is 0.856. The van der Waals surface area contributed by atoms with Crippen molar-refractivity contribution in [3.63, 3.8) is 0 Å². The third-order valence-electron chi connectivity index (χ3n) is 7.01. The summed E-state index contributed by atoms with van der Waals surface area (Å²) in [4.78, 5) is 33.9. The van der Waals surface area contributed by atoms with Gasteiger partial charge in [0.2, 0.25) is 12.7 Å². The van der Waals surface area contributed by atoms with Crippen LogP contribution in [0.4, 0.5) is 10.5 Å². The van der Waals surface area contributed by atoms with Gasteiger partial charge < -0.3 is 19.3 Å². The third kappa shape index (κ3) is 4.68. The number of urea groups is 1. The van der Waals surface area contributed by atoms with Gasteiger partial charge in [0.05, 0.1) is 0 Å². The number of nitrogens with zero attached hydrogens (tertiary/aromatic N) is 4. The molecule has 0 radical (unpaired) electrons. The summed E-state index contributed by atoms with van der Waals surface area (Å²) in [6, 6.07) is 12.1. The molecular formula is C26H32N4O4. The molecule has 0 bridgehead atoms. The first kappa shape index (κ1) is 22.5. The van der Waals surface area contributed by atoms with Crippen LogP contribution in [0.5, 0.6) is 11.5 Å². The summed E-state index contributed by atoms with van der Waals surface area (Å²) in [5.41, 5.74) is 4.45. The predicted octanol–water partition coefficient (Wildman–Crippen LogP) is 3.01. The van der Waals surface area contributed by atoms with Gasteiger partial charge in [0.25, 0.3) is 0 Å². The molecule has 0 aliphatic carbocycles. The van der Waals surface area contributed by atoms with Crippen molar-refractivity contribution in [3.05, 3.63) is 53.1 Å². The summed E-state index contributed by atoms with van der Waals surface area (Å²) in [5.74, 6) is 1.62. The van der Waals surface area contributed by atoms with Crippen molar-refractivity contribution in [2.24, 2.45) is 0 Å². The molecule has 3 amide bonds. The van der Waals surface area contributed by atoms with Gasteiger partial charge in [0.1, 0.15) is 6.54 Å². The molecule has 2 saturated heterocycles. The van der Waals surface area contributed by atoms with Crippen molar-refractivity contribution >= 4 is 17.6 Å². The average Bonchev–Trinajstić information content (AvgIpc) is 3.31. The number of piperazine rings is 1. The van der Waals surface area contributed by atoms with Gasteiger partial charge in [-0.25, -0.2) is 4.79 Å². The zero-order valence-corrected chi connectivity index (χ0v) is 20.0. The highest BCUT2D eigenvalue weighted by Gasteiger charge is 2.30. The van der Waals surface area contributed by atoms with Crippen molar-refractivity contribution in [1.82, 2.24) is 14.7 Å². The van der Waals surface area contributed by atoms with E-state index in [1.54, 1.807) is 9.80 Å². The fourth-order valence-corrected chi connectivity index (χ4v) is 4.78. The van der Waals surface area contributed by atoms with Crippen LogP contribution in [0.25, 0.3) is 0 Å². The van der Waals surface area contributed by atoms with Crippen LogP contribution in [-0.4, -0.2) is 79.2 Å². The number of aryl methyl sites for hydroxylation is 2. The number of anilines is 1. The van der Waals surface area contributed by atoms with Gasteiger partial charge in [0.15, 0.2) is 11.5 Å². The van der Waals surface area contributed by atoms with Gasteiger partial charge in [0, 0.05) is 51.5 Å². The number of hydrogen-bond donors (Lipinski definition) is 0. The maximum atomic E-state index is 13.1. The van der Waals surface area contributed by atoms with E-state index >= 15 is 0 Å². The van der Waals surface area contributed by atoms with E-state index in [0.717, 1.165) is 48.8 Å². The number of benzene rings is 2. The van der Waals surface area contributed by atoms with E-state index in [1.165, 1.54) is 11.1 Å². The van der Waals surface area contributed by atoms with Crippen LogP contribution < -0.4 is 14.4 Å². The second-order valence-corrected chi connectivity index (χ2v) is 9.32. The second-order valence-electron chi connectivity index (χ2n) is 9.32. The second kappa shape index (κ2) is 9.54. The summed E-state index contributed by atoms with van der Waals surface area (Å²) in [5, 5.41) is 0. The Kier molecular flexibility index (Phi) is 6.32. The first-order chi connectivity index (χ1) is 16.5. The molecule has 3 aliphatic rings. The number of ether oxygens (including phenoxy) is 2. The molecule has 2 fully saturated rings. The maximum absolute atomic E-state index is 13.1. The normalized spacial score (nSPS) is 18.5. The number of amides is 3. The molecule has 2 aromatic carbocycles. The largest absolute Gasteiger partial charge is 0.454 e. The lowest BCUT2D eigenvalue weighted by Crippen LogP contribution is -2.55. The first-order valence-electron chi connectivity index (χ1n) is 12.0. The Balaban J connectivity index is 1.13. The van der Waals surface area contributed by atoms with Crippen LogP contribution in [0.2, 0.25) is 0 Å². The number of fused-ring (bicyclic) bond motifs is 1. The molecule has 0 spiro atoms. The molecule has 0 unspecified atom stereocenters. The molecule has 34 heavy (non-hydrogen) atoms. The molecule has 5 rings (SSSR count). The van der Waals surface area contributed by atoms with Crippen molar-refractivity contribution < 1.29 is 19.1 Å². The van der Waals surface area contributed by atoms with E-state index in [4.69, 9.17) is 9.47 Å². The van der Waals surface area contributed by atoms with Crippen LogP contribution >= 0.6 is 0 Å². The lowest BCUT2D eigenvalue weighted by Gasteiger charge is -2.38. The van der Waals surface area contributed by atoms with Crippen LogP contribution in [-0.2, 0) is 11.3 Å². The highest BCUT2D eigenvalue weighted by molar-refractivity contribution is 5.95. The van der Waals surface area contributed by atoms with E-state index in [0.29, 0.717) is 26.2 Å². The highest BCUT2D eigenvalue weighted by atomic mass is 16.7. The number of carbonyl (C=O) groups excluding carboxylic acids is 2. The van der Waals surface area contributed by atoms with Gasteiger partial charge in [-0.05, 0) is 61.2 Å². The van der Waals surface area contributed by atoms with Crippen molar-refractivity contribution in [2.45, 2.75) is 26.8 Å². The van der Waals surface area contributed by atoms with Crippen LogP contribution in [0.15, 0.2) is 36.4 Å². The van der Waals surface area contributed by atoms with Crippen LogP contribution in [0.1, 0.15) is 23.1 Å². The molecule has 8 nitrogen and oxygen atoms in total. The fraction of sp³-hybridized carbons (Fsp3) is 0.462. The maximum Gasteiger partial charge on any atom is 0.324 e. The Morgan fingerprint density at radius 3 is 2.47 bits per heavy atom. The molecule has 8 heteroatoms. The quantitative estimate of drug-likeness (QED) is 0.681. The summed E-state index contributed by atoms with van der Waals surface area (Å²) < 4.78 is 10.9. The predicted molar refractivity (Wildman–Crippen MR) is 129 cm³/mol. The lowest BCUT2D eigenvalue weighted by molar-refractivity contribution is -0.133. The van der Waals surface area contributed by atoms with E-state index < -0.39 is 0 Å². The minimum Gasteiger partial charge on any atom is -0.454 e. The lowest BCUT2D eigenvalue weighted by atomic mass is 10.1. The zero-order valence-electron chi connectivity index (χ0n) is 20.0. The summed E-state index contributed by atoms with van der Waals surface area (Å²) >= 11 is 0. The van der Waals surface area contributed by atoms with Crippen molar-refractivity contribution in [3.8, 4) is 11.5 Å². The fourth-order valence-electron chi connectivity index (χ4n) is 4.78. The molecule has 0 atom stereocenters. The first-order valence-corrected chi connectivity index (χ1v) is 12.0. The minimum atomic E-state index is -0.0794. The number of hydrogen-bond acceptors (Lipinski definition) is 5. The van der Waals surface area contributed by atoms with Gasteiger partial charge in [-0.2, -0.15) is 0 Å². The van der Waals surface area contributed by atoms with Gasteiger partial charge in [-0.1, -0.05) is 12.1 Å². The van der Waals surface area contributed by atoms with Gasteiger partial charge >= 0.3 is 6.03 Å². The van der Waals surface area contributed by atoms with E-state index in [9.17, 15) is 9.59 Å². The SMILES string of the molecule is Cc1ccc(N2CCCN(CC(=O)N3CCN(Cc4ccc5c(c4)OCO5)CC3)C2=O)cc1C. The molecule has 0 aromatic heterocycles. The number of carbonyl (C=O) groups is 2. The van der Waals surface area contributed by atoms with Crippen LogP contribution in [0.3, 0.4) is 0 Å². The van der Waals surface area contributed by atoms with E-state index in [2.05, 4.69) is 30.9 Å². The molecule has 2 aromatic rings. The molecular weight excluding hydrogens is 432 g/mol. The Hall–Kier alpha value is -3.26. The minimum absolute atomic E-state index is 0.0259. The van der Waals surface area contributed by atoms with Gasteiger partial charge in [-0.3, -0.25) is 14.6 Å². The Labute approximate surface area is 200 Å².